The summed E-state index contributed by atoms with van der Waals surface area (Å²) in [5, 5.41) is 12.3. The minimum Gasteiger partial charge on any atom is -0.506 e. The maximum absolute atomic E-state index is 12.6. The first-order chi connectivity index (χ1) is 18.1. The first kappa shape index (κ1) is 24.8. The van der Waals surface area contributed by atoms with Crippen LogP contribution in [0.1, 0.15) is 29.8 Å². The Labute approximate surface area is 218 Å². The average Bonchev–Trinajstić information content (AvgIpc) is 2.94. The van der Waals surface area contributed by atoms with E-state index < -0.39 is 0 Å². The van der Waals surface area contributed by atoms with E-state index in [0.717, 1.165) is 62.5 Å². The van der Waals surface area contributed by atoms with Crippen molar-refractivity contribution in [3.63, 3.8) is 0 Å². The fourth-order valence-corrected chi connectivity index (χ4v) is 5.24. The first-order valence-electron chi connectivity index (χ1n) is 13.1. The molecule has 0 saturated carbocycles. The van der Waals surface area contributed by atoms with Gasteiger partial charge >= 0.3 is 0 Å². The molecule has 0 radical (unpaired) electrons. The lowest BCUT2D eigenvalue weighted by Crippen LogP contribution is -2.46. The molecule has 1 aliphatic rings. The molecular weight excluding hydrogens is 460 g/mol. The predicted octanol–water partition coefficient (Wildman–Crippen LogP) is 5.41. The lowest BCUT2D eigenvalue weighted by molar-refractivity contribution is 0.0773. The number of fused-ring (bicyclic) bond motifs is 1. The summed E-state index contributed by atoms with van der Waals surface area (Å²) < 4.78 is 0. The maximum atomic E-state index is 12.6. The van der Waals surface area contributed by atoms with E-state index in [1.807, 2.05) is 30.9 Å². The smallest absolute Gasteiger partial charge is 0.253 e. The van der Waals surface area contributed by atoms with Crippen LogP contribution in [-0.4, -0.2) is 65.1 Å². The van der Waals surface area contributed by atoms with Gasteiger partial charge in [0.25, 0.3) is 5.91 Å². The van der Waals surface area contributed by atoms with Crippen molar-refractivity contribution in [1.29, 1.82) is 0 Å². The van der Waals surface area contributed by atoms with Crippen molar-refractivity contribution in [2.75, 3.05) is 44.2 Å². The molecule has 0 aliphatic carbocycles. The number of amides is 1. The van der Waals surface area contributed by atoms with Crippen molar-refractivity contribution >= 4 is 22.4 Å². The fraction of sp³-hybridized carbons (Fsp3) is 0.290. The number of anilines is 1. The second-order valence-electron chi connectivity index (χ2n) is 9.54. The molecule has 1 fully saturated rings. The minimum atomic E-state index is 0.0972. The van der Waals surface area contributed by atoms with Crippen LogP contribution in [0.3, 0.4) is 0 Å². The summed E-state index contributed by atoms with van der Waals surface area (Å²) in [6.45, 7) is 10.2. The van der Waals surface area contributed by atoms with Crippen molar-refractivity contribution in [1.82, 2.24) is 14.8 Å². The largest absolute Gasteiger partial charge is 0.506 e. The van der Waals surface area contributed by atoms with Crippen molar-refractivity contribution in [3.05, 3.63) is 90.3 Å². The summed E-state index contributed by atoms with van der Waals surface area (Å²) in [5.41, 5.74) is 5.23. The second kappa shape index (κ2) is 11.0. The van der Waals surface area contributed by atoms with E-state index in [2.05, 4.69) is 63.3 Å². The van der Waals surface area contributed by atoms with Crippen LogP contribution in [0.4, 0.5) is 5.69 Å². The summed E-state index contributed by atoms with van der Waals surface area (Å²) in [5.74, 6) is 0.272. The van der Waals surface area contributed by atoms with Gasteiger partial charge in [0.2, 0.25) is 0 Å². The van der Waals surface area contributed by atoms with Gasteiger partial charge in [0.05, 0.1) is 6.20 Å². The van der Waals surface area contributed by atoms with Gasteiger partial charge < -0.3 is 14.9 Å². The van der Waals surface area contributed by atoms with E-state index in [4.69, 9.17) is 0 Å². The molecule has 0 atom stereocenters. The summed E-state index contributed by atoms with van der Waals surface area (Å²) >= 11 is 0. The molecule has 4 aromatic rings. The lowest BCUT2D eigenvalue weighted by Gasteiger charge is -2.36. The third-order valence-electron chi connectivity index (χ3n) is 7.35. The number of benzene rings is 3. The monoisotopic (exact) mass is 494 g/mol. The fourth-order valence-electron chi connectivity index (χ4n) is 5.24. The zero-order valence-corrected chi connectivity index (χ0v) is 21.6. The Morgan fingerprint density at radius 1 is 0.892 bits per heavy atom. The number of piperazine rings is 1. The molecule has 37 heavy (non-hydrogen) atoms. The highest BCUT2D eigenvalue weighted by Crippen LogP contribution is 2.32. The molecule has 190 valence electrons. The van der Waals surface area contributed by atoms with Gasteiger partial charge in [-0.05, 0) is 66.1 Å². The van der Waals surface area contributed by atoms with Crippen molar-refractivity contribution in [2.45, 2.75) is 20.4 Å². The Balaban J connectivity index is 1.26. The van der Waals surface area contributed by atoms with Crippen molar-refractivity contribution in [3.8, 4) is 16.9 Å². The number of aromatic nitrogens is 1. The summed E-state index contributed by atoms with van der Waals surface area (Å²) in [6, 6.07) is 22.7. The Morgan fingerprint density at radius 2 is 1.59 bits per heavy atom. The van der Waals surface area contributed by atoms with E-state index in [9.17, 15) is 9.90 Å². The highest BCUT2D eigenvalue weighted by molar-refractivity contribution is 5.98. The zero-order valence-electron chi connectivity index (χ0n) is 21.6. The van der Waals surface area contributed by atoms with Gasteiger partial charge in [-0.15, -0.1) is 0 Å². The standard InChI is InChI=1S/C31H34N4O2/c1-3-34(4-2)31(37)23-9-12-26(13-10-23)35-17-15-33(16-18-35)22-24-11-14-29(25-19-27(36)21-32-20-25)30-8-6-5-7-28(24)30/h5-14,19-21,36H,3-4,15-18,22H2,1-2H3. The van der Waals surface area contributed by atoms with Crippen molar-refractivity contribution < 1.29 is 9.90 Å². The molecule has 5 rings (SSSR count). The van der Waals surface area contributed by atoms with Crippen LogP contribution in [0, 0.1) is 0 Å². The van der Waals surface area contributed by atoms with Crippen LogP contribution in [0.15, 0.2) is 79.1 Å². The van der Waals surface area contributed by atoms with Gasteiger partial charge in [0, 0.05) is 68.8 Å². The summed E-state index contributed by atoms with van der Waals surface area (Å²) in [7, 11) is 0. The predicted molar refractivity (Wildman–Crippen MR) is 150 cm³/mol. The third-order valence-corrected chi connectivity index (χ3v) is 7.35. The van der Waals surface area contributed by atoms with Crippen LogP contribution < -0.4 is 4.90 Å². The van der Waals surface area contributed by atoms with Crippen LogP contribution in [0.5, 0.6) is 5.75 Å². The van der Waals surface area contributed by atoms with Gasteiger partial charge in [0.1, 0.15) is 5.75 Å². The number of pyridine rings is 1. The van der Waals surface area contributed by atoms with Gasteiger partial charge in [-0.1, -0.05) is 36.4 Å². The molecule has 1 N–H and O–H groups in total. The highest BCUT2D eigenvalue weighted by Gasteiger charge is 2.20. The Kier molecular flexibility index (Phi) is 7.37. The molecule has 1 aromatic heterocycles. The Morgan fingerprint density at radius 3 is 2.27 bits per heavy atom. The number of carbonyl (C=O) groups is 1. The van der Waals surface area contributed by atoms with Crippen LogP contribution in [-0.2, 0) is 6.54 Å². The quantitative estimate of drug-likeness (QED) is 0.372. The van der Waals surface area contributed by atoms with Crippen LogP contribution >= 0.6 is 0 Å². The molecule has 1 aliphatic heterocycles. The maximum Gasteiger partial charge on any atom is 0.253 e. The number of hydrogen-bond donors (Lipinski definition) is 1. The van der Waals surface area contributed by atoms with Crippen LogP contribution in [0.25, 0.3) is 21.9 Å². The molecular formula is C31H34N4O2. The van der Waals surface area contributed by atoms with Crippen LogP contribution in [0.2, 0.25) is 0 Å². The minimum absolute atomic E-state index is 0.0972. The van der Waals surface area contributed by atoms with Gasteiger partial charge in [-0.25, -0.2) is 0 Å². The molecule has 2 heterocycles. The molecule has 1 amide bonds. The molecule has 6 nitrogen and oxygen atoms in total. The topological polar surface area (TPSA) is 59.9 Å². The van der Waals surface area contributed by atoms with E-state index in [-0.39, 0.29) is 11.7 Å². The number of carbonyl (C=O) groups excluding carboxylic acids is 1. The van der Waals surface area contributed by atoms with Gasteiger partial charge in [0.15, 0.2) is 0 Å². The normalized spacial score (nSPS) is 14.2. The lowest BCUT2D eigenvalue weighted by atomic mass is 9.95. The molecule has 1 saturated heterocycles. The van der Waals surface area contributed by atoms with E-state index in [1.165, 1.54) is 28.2 Å². The number of rotatable bonds is 7. The Hall–Kier alpha value is -3.90. The molecule has 0 unspecified atom stereocenters. The number of hydrogen-bond acceptors (Lipinski definition) is 5. The molecule has 6 heteroatoms. The van der Waals surface area contributed by atoms with E-state index >= 15 is 0 Å². The summed E-state index contributed by atoms with van der Waals surface area (Å²) in [4.78, 5) is 23.5. The second-order valence-corrected chi connectivity index (χ2v) is 9.54. The van der Waals surface area contributed by atoms with E-state index in [1.54, 1.807) is 12.3 Å². The van der Waals surface area contributed by atoms with Gasteiger partial charge in [-0.2, -0.15) is 0 Å². The van der Waals surface area contributed by atoms with Gasteiger partial charge in [-0.3, -0.25) is 14.7 Å². The highest BCUT2D eigenvalue weighted by atomic mass is 16.3. The molecule has 3 aromatic carbocycles. The molecule has 0 spiro atoms. The number of nitrogens with zero attached hydrogens (tertiary/aromatic N) is 4. The number of aromatic hydroxyl groups is 1. The SMILES string of the molecule is CCN(CC)C(=O)c1ccc(N2CCN(Cc3ccc(-c4cncc(O)c4)c4ccccc34)CC2)cc1. The molecule has 0 bridgehead atoms. The van der Waals surface area contributed by atoms with Crippen molar-refractivity contribution in [2.24, 2.45) is 0 Å². The average molecular weight is 495 g/mol. The summed E-state index contributed by atoms with van der Waals surface area (Å²) in [6.07, 6.45) is 3.26. The first-order valence-corrected chi connectivity index (χ1v) is 13.1. The zero-order chi connectivity index (χ0) is 25.8. The third kappa shape index (κ3) is 5.30. The van der Waals surface area contributed by atoms with E-state index in [0.29, 0.717) is 0 Å². The Bertz CT molecular complexity index is 1370.